The van der Waals surface area contributed by atoms with Crippen LogP contribution in [-0.4, -0.2) is 16.0 Å². The number of carbonyl (C=O) groups is 1. The SMILES string of the molecule is O=C1Nc2ccc(-c3ccccc3CO)cc2C1c1ccc2ccccc2n1. The van der Waals surface area contributed by atoms with Crippen LogP contribution in [0.15, 0.2) is 78.9 Å². The standard InChI is InChI=1S/C24H18N2O2/c27-14-17-6-1-3-7-18(17)16-10-11-21-19(13-16)23(24(28)26-21)22-12-9-15-5-2-4-8-20(15)25-22/h1-13,23,27H,14H2,(H,26,28). The van der Waals surface area contributed by atoms with Crippen molar-refractivity contribution in [3.8, 4) is 11.1 Å². The molecule has 1 aromatic heterocycles. The lowest BCUT2D eigenvalue weighted by Gasteiger charge is -2.12. The van der Waals surface area contributed by atoms with E-state index in [1.54, 1.807) is 0 Å². The third kappa shape index (κ3) is 2.66. The van der Waals surface area contributed by atoms with Crippen molar-refractivity contribution < 1.29 is 9.90 Å². The monoisotopic (exact) mass is 366 g/mol. The number of aliphatic hydroxyl groups excluding tert-OH is 1. The third-order valence-corrected chi connectivity index (χ3v) is 5.30. The molecule has 1 aliphatic heterocycles. The van der Waals surface area contributed by atoms with Crippen molar-refractivity contribution in [3.05, 3.63) is 95.7 Å². The number of aliphatic hydroxyl groups is 1. The van der Waals surface area contributed by atoms with E-state index < -0.39 is 5.92 Å². The van der Waals surface area contributed by atoms with Crippen molar-refractivity contribution in [2.75, 3.05) is 5.32 Å². The number of fused-ring (bicyclic) bond motifs is 2. The number of nitrogens with zero attached hydrogens (tertiary/aromatic N) is 1. The largest absolute Gasteiger partial charge is 0.392 e. The van der Waals surface area contributed by atoms with E-state index >= 15 is 0 Å². The zero-order chi connectivity index (χ0) is 19.1. The van der Waals surface area contributed by atoms with Gasteiger partial charge in [-0.3, -0.25) is 9.78 Å². The molecule has 0 radical (unpaired) electrons. The molecule has 2 N–H and O–H groups in total. The van der Waals surface area contributed by atoms with Crippen LogP contribution < -0.4 is 5.32 Å². The highest BCUT2D eigenvalue weighted by molar-refractivity contribution is 6.05. The molecule has 4 nitrogen and oxygen atoms in total. The van der Waals surface area contributed by atoms with Gasteiger partial charge in [0.05, 0.1) is 17.8 Å². The van der Waals surface area contributed by atoms with Crippen LogP contribution in [0, 0.1) is 0 Å². The Morgan fingerprint density at radius 2 is 1.75 bits per heavy atom. The highest BCUT2D eigenvalue weighted by atomic mass is 16.3. The number of hydrogen-bond acceptors (Lipinski definition) is 3. The average Bonchev–Trinajstić information content (AvgIpc) is 3.08. The summed E-state index contributed by atoms with van der Waals surface area (Å²) in [6.45, 7) is -0.0277. The van der Waals surface area contributed by atoms with E-state index in [0.717, 1.165) is 44.5 Å². The maximum Gasteiger partial charge on any atom is 0.238 e. The molecule has 1 aliphatic rings. The van der Waals surface area contributed by atoms with Crippen molar-refractivity contribution in [3.63, 3.8) is 0 Å². The number of anilines is 1. The Morgan fingerprint density at radius 1 is 0.929 bits per heavy atom. The summed E-state index contributed by atoms with van der Waals surface area (Å²) in [5, 5.41) is 13.7. The second-order valence-corrected chi connectivity index (χ2v) is 6.97. The van der Waals surface area contributed by atoms with E-state index in [2.05, 4.69) is 5.32 Å². The van der Waals surface area contributed by atoms with E-state index in [9.17, 15) is 9.90 Å². The van der Waals surface area contributed by atoms with Gasteiger partial charge in [0.1, 0.15) is 5.92 Å². The Morgan fingerprint density at radius 3 is 2.64 bits per heavy atom. The molecule has 0 saturated carbocycles. The Labute approximate surface area is 162 Å². The van der Waals surface area contributed by atoms with Crippen LogP contribution in [-0.2, 0) is 11.4 Å². The number of hydrogen-bond donors (Lipinski definition) is 2. The van der Waals surface area contributed by atoms with E-state index in [1.165, 1.54) is 0 Å². The number of rotatable bonds is 3. The van der Waals surface area contributed by atoms with Gasteiger partial charge >= 0.3 is 0 Å². The van der Waals surface area contributed by atoms with Crippen LogP contribution in [0.3, 0.4) is 0 Å². The molecule has 0 saturated heterocycles. The normalized spacial score (nSPS) is 15.5. The maximum absolute atomic E-state index is 12.7. The highest BCUT2D eigenvalue weighted by Crippen LogP contribution is 2.39. The van der Waals surface area contributed by atoms with Crippen molar-refractivity contribution in [2.45, 2.75) is 12.5 Å². The number of para-hydroxylation sites is 1. The quantitative estimate of drug-likeness (QED) is 0.562. The Hall–Kier alpha value is -3.50. The molecule has 3 aromatic carbocycles. The van der Waals surface area contributed by atoms with Crippen LogP contribution in [0.2, 0.25) is 0 Å². The Balaban J connectivity index is 1.63. The Kier molecular flexibility index (Phi) is 3.92. The molecule has 2 heterocycles. The van der Waals surface area contributed by atoms with Crippen molar-refractivity contribution >= 4 is 22.5 Å². The van der Waals surface area contributed by atoms with E-state index in [4.69, 9.17) is 4.98 Å². The van der Waals surface area contributed by atoms with Crippen molar-refractivity contribution in [2.24, 2.45) is 0 Å². The lowest BCUT2D eigenvalue weighted by molar-refractivity contribution is -0.116. The number of nitrogens with one attached hydrogen (secondary N) is 1. The smallest absolute Gasteiger partial charge is 0.238 e. The van der Waals surface area contributed by atoms with Crippen LogP contribution >= 0.6 is 0 Å². The number of benzene rings is 3. The van der Waals surface area contributed by atoms with E-state index in [-0.39, 0.29) is 12.5 Å². The minimum atomic E-state index is -0.444. The first-order chi connectivity index (χ1) is 13.7. The number of carbonyl (C=O) groups excluding carboxylic acids is 1. The summed E-state index contributed by atoms with van der Waals surface area (Å²) in [4.78, 5) is 17.5. The highest BCUT2D eigenvalue weighted by Gasteiger charge is 2.33. The van der Waals surface area contributed by atoms with Gasteiger partial charge < -0.3 is 10.4 Å². The fraction of sp³-hybridized carbons (Fsp3) is 0.0833. The van der Waals surface area contributed by atoms with Crippen molar-refractivity contribution in [1.29, 1.82) is 0 Å². The summed E-state index contributed by atoms with van der Waals surface area (Å²) in [6, 6.07) is 25.5. The number of pyridine rings is 1. The van der Waals surface area contributed by atoms with Gasteiger partial charge in [0.2, 0.25) is 5.91 Å². The zero-order valence-corrected chi connectivity index (χ0v) is 15.1. The molecule has 1 unspecified atom stereocenters. The first kappa shape index (κ1) is 16.7. The molecule has 4 heteroatoms. The molecule has 4 aromatic rings. The summed E-state index contributed by atoms with van der Waals surface area (Å²) in [5.41, 5.74) is 6.15. The van der Waals surface area contributed by atoms with Gasteiger partial charge in [-0.25, -0.2) is 0 Å². The van der Waals surface area contributed by atoms with Gasteiger partial charge in [0.15, 0.2) is 0 Å². The number of amides is 1. The summed E-state index contributed by atoms with van der Waals surface area (Å²) in [6.07, 6.45) is 0. The molecular formula is C24H18N2O2. The molecule has 136 valence electrons. The van der Waals surface area contributed by atoms with Crippen LogP contribution in [0.1, 0.15) is 22.7 Å². The summed E-state index contributed by atoms with van der Waals surface area (Å²) in [5.74, 6) is -0.508. The average molecular weight is 366 g/mol. The maximum atomic E-state index is 12.7. The lowest BCUT2D eigenvalue weighted by Crippen LogP contribution is -2.14. The molecule has 28 heavy (non-hydrogen) atoms. The first-order valence-corrected chi connectivity index (χ1v) is 9.24. The summed E-state index contributed by atoms with van der Waals surface area (Å²) in [7, 11) is 0. The minimum Gasteiger partial charge on any atom is -0.392 e. The zero-order valence-electron chi connectivity index (χ0n) is 15.1. The van der Waals surface area contributed by atoms with Crippen LogP contribution in [0.4, 0.5) is 5.69 Å². The fourth-order valence-electron chi connectivity index (χ4n) is 3.91. The van der Waals surface area contributed by atoms with Gasteiger partial charge in [-0.2, -0.15) is 0 Å². The van der Waals surface area contributed by atoms with Gasteiger partial charge in [0, 0.05) is 11.1 Å². The van der Waals surface area contributed by atoms with Crippen molar-refractivity contribution in [1.82, 2.24) is 4.98 Å². The second kappa shape index (κ2) is 6.59. The Bertz CT molecular complexity index is 1220. The predicted octanol–water partition coefficient (Wildman–Crippen LogP) is 4.48. The van der Waals surface area contributed by atoms with E-state index in [0.29, 0.717) is 0 Å². The molecule has 5 rings (SSSR count). The van der Waals surface area contributed by atoms with Gasteiger partial charge in [0.25, 0.3) is 0 Å². The van der Waals surface area contributed by atoms with Gasteiger partial charge in [-0.05, 0) is 46.5 Å². The van der Waals surface area contributed by atoms with Gasteiger partial charge in [-0.15, -0.1) is 0 Å². The summed E-state index contributed by atoms with van der Waals surface area (Å²) < 4.78 is 0. The lowest BCUT2D eigenvalue weighted by atomic mass is 9.92. The fourth-order valence-corrected chi connectivity index (χ4v) is 3.91. The molecule has 0 fully saturated rings. The van der Waals surface area contributed by atoms with Crippen LogP contribution in [0.25, 0.3) is 22.0 Å². The molecule has 0 aliphatic carbocycles. The summed E-state index contributed by atoms with van der Waals surface area (Å²) >= 11 is 0. The second-order valence-electron chi connectivity index (χ2n) is 6.97. The minimum absolute atomic E-state index is 0.0277. The third-order valence-electron chi connectivity index (χ3n) is 5.30. The predicted molar refractivity (Wildman–Crippen MR) is 110 cm³/mol. The van der Waals surface area contributed by atoms with Gasteiger partial charge in [-0.1, -0.05) is 54.6 Å². The van der Waals surface area contributed by atoms with E-state index in [1.807, 2.05) is 78.9 Å². The topological polar surface area (TPSA) is 62.2 Å². The molecule has 0 spiro atoms. The number of aromatic nitrogens is 1. The first-order valence-electron chi connectivity index (χ1n) is 9.24. The molecular weight excluding hydrogens is 348 g/mol. The molecule has 1 amide bonds. The van der Waals surface area contributed by atoms with Crippen LogP contribution in [0.5, 0.6) is 0 Å². The molecule has 0 bridgehead atoms. The molecule has 1 atom stereocenters.